The molecule has 0 bridgehead atoms. The van der Waals surface area contributed by atoms with Crippen molar-refractivity contribution in [3.63, 3.8) is 0 Å². The van der Waals surface area contributed by atoms with Crippen molar-refractivity contribution in [1.29, 1.82) is 0 Å². The quantitative estimate of drug-likeness (QED) is 0.149. The molecule has 8 N–H and O–H groups in total. The fourth-order valence-corrected chi connectivity index (χ4v) is 5.81. The van der Waals surface area contributed by atoms with Crippen molar-refractivity contribution in [2.75, 3.05) is 25.0 Å². The van der Waals surface area contributed by atoms with E-state index in [2.05, 4.69) is 26.3 Å². The van der Waals surface area contributed by atoms with E-state index in [4.69, 9.17) is 5.73 Å². The summed E-state index contributed by atoms with van der Waals surface area (Å²) < 4.78 is 0. The van der Waals surface area contributed by atoms with Crippen molar-refractivity contribution in [1.82, 2.24) is 25.8 Å². The number of rotatable bonds is 11. The van der Waals surface area contributed by atoms with E-state index in [9.17, 15) is 29.4 Å². The number of hydrogen-bond donors (Lipinski definition) is 7. The standard InChI is InChI=1S/C32H39N7O6.3ClH/c33-15-28(41)31(44)37-22-13-25(35-17-22)32(45)39-18-23(38-30(43)27(40)11-10-19-6-2-1-3-7-19)14-26(39)29(42)36-21-12-20-8-4-5-9-24(20)34-16-21;;;/h1-9,12,16,22-23,25-28,35,40-41H,10-11,13-15,17-18,33H2,(H,36,42)(H,37,44)(H,38,43);3*1H/t22-,23-,25+,26+,27-,28+;;;/m1.../s1. The van der Waals surface area contributed by atoms with Crippen molar-refractivity contribution >= 4 is 77.4 Å². The number of aryl methyl sites for hydroxylation is 1. The Balaban J connectivity index is 0.00000267. The minimum absolute atomic E-state index is 0. The van der Waals surface area contributed by atoms with E-state index in [0.717, 1.165) is 16.5 Å². The number of carbonyl (C=O) groups is 4. The van der Waals surface area contributed by atoms with E-state index < -0.39 is 54.1 Å². The molecule has 2 aromatic carbocycles. The fraction of sp³-hybridized carbons (Fsp3) is 0.406. The van der Waals surface area contributed by atoms with Gasteiger partial charge in [-0.2, -0.15) is 0 Å². The average Bonchev–Trinajstić information content (AvgIpc) is 3.70. The van der Waals surface area contributed by atoms with Crippen LogP contribution in [0.4, 0.5) is 5.69 Å². The van der Waals surface area contributed by atoms with E-state index in [1.54, 1.807) is 12.3 Å². The molecule has 1 aromatic heterocycles. The number of anilines is 1. The molecule has 0 unspecified atom stereocenters. The Morgan fingerprint density at radius 1 is 0.917 bits per heavy atom. The number of fused-ring (bicyclic) bond motifs is 1. The molecule has 5 rings (SSSR count). The van der Waals surface area contributed by atoms with Crippen molar-refractivity contribution in [3.8, 4) is 0 Å². The number of pyridine rings is 1. The van der Waals surface area contributed by atoms with E-state index in [1.165, 1.54) is 4.90 Å². The average molecular weight is 727 g/mol. The molecule has 0 radical (unpaired) electrons. The normalized spacial score (nSPS) is 21.1. The molecule has 4 amide bonds. The number of benzene rings is 2. The summed E-state index contributed by atoms with van der Waals surface area (Å²) >= 11 is 0. The van der Waals surface area contributed by atoms with Crippen LogP contribution in [-0.2, 0) is 25.6 Å². The molecule has 48 heavy (non-hydrogen) atoms. The number of nitrogens with zero attached hydrogens (tertiary/aromatic N) is 2. The number of aromatic nitrogens is 1. The van der Waals surface area contributed by atoms with Gasteiger partial charge in [0, 0.05) is 37.1 Å². The maximum atomic E-state index is 13.8. The second-order valence-electron chi connectivity index (χ2n) is 11.5. The van der Waals surface area contributed by atoms with Gasteiger partial charge in [0.25, 0.3) is 0 Å². The molecule has 2 aliphatic heterocycles. The highest BCUT2D eigenvalue weighted by Gasteiger charge is 2.44. The summed E-state index contributed by atoms with van der Waals surface area (Å²) in [6.45, 7) is 0.130. The zero-order valence-corrected chi connectivity index (χ0v) is 28.4. The lowest BCUT2D eigenvalue weighted by molar-refractivity contribution is -0.138. The molecule has 0 spiro atoms. The number of para-hydroxylation sites is 1. The lowest BCUT2D eigenvalue weighted by Crippen LogP contribution is -2.50. The van der Waals surface area contributed by atoms with Crippen LogP contribution < -0.4 is 27.0 Å². The number of aliphatic hydroxyl groups is 2. The highest BCUT2D eigenvalue weighted by molar-refractivity contribution is 5.99. The van der Waals surface area contributed by atoms with Crippen LogP contribution in [0.3, 0.4) is 0 Å². The lowest BCUT2D eigenvalue weighted by atomic mass is 10.1. The first-order valence-electron chi connectivity index (χ1n) is 15.1. The van der Waals surface area contributed by atoms with E-state index in [-0.39, 0.29) is 75.5 Å². The summed E-state index contributed by atoms with van der Waals surface area (Å²) in [4.78, 5) is 58.2. The van der Waals surface area contributed by atoms with Crippen LogP contribution in [0.1, 0.15) is 24.8 Å². The van der Waals surface area contributed by atoms with Crippen LogP contribution in [0.5, 0.6) is 0 Å². The van der Waals surface area contributed by atoms with Crippen LogP contribution in [-0.4, -0.2) is 99.7 Å². The predicted molar refractivity (Wildman–Crippen MR) is 188 cm³/mol. The number of carbonyl (C=O) groups excluding carboxylic acids is 4. The van der Waals surface area contributed by atoms with Gasteiger partial charge in [-0.1, -0.05) is 48.5 Å². The van der Waals surface area contributed by atoms with Crippen molar-refractivity contribution < 1.29 is 29.4 Å². The fourth-order valence-electron chi connectivity index (χ4n) is 5.81. The van der Waals surface area contributed by atoms with Gasteiger partial charge in [-0.3, -0.25) is 24.2 Å². The van der Waals surface area contributed by atoms with Gasteiger partial charge in [0.1, 0.15) is 18.2 Å². The highest BCUT2D eigenvalue weighted by Crippen LogP contribution is 2.24. The third-order valence-electron chi connectivity index (χ3n) is 8.24. The predicted octanol–water partition coefficient (Wildman–Crippen LogP) is 0.684. The molecule has 16 heteroatoms. The third kappa shape index (κ3) is 10.2. The third-order valence-corrected chi connectivity index (χ3v) is 8.24. The van der Waals surface area contributed by atoms with E-state index in [1.807, 2.05) is 54.6 Å². The zero-order chi connectivity index (χ0) is 31.9. The molecule has 262 valence electrons. The molecule has 2 fully saturated rings. The maximum Gasteiger partial charge on any atom is 0.250 e. The molecule has 6 atom stereocenters. The first-order chi connectivity index (χ1) is 21.7. The molecule has 3 aromatic rings. The first kappa shape index (κ1) is 40.6. The highest BCUT2D eigenvalue weighted by atomic mass is 35.5. The molecule has 13 nitrogen and oxygen atoms in total. The number of nitrogens with two attached hydrogens (primary N) is 1. The lowest BCUT2D eigenvalue weighted by Gasteiger charge is -2.26. The minimum Gasteiger partial charge on any atom is -0.383 e. The van der Waals surface area contributed by atoms with Crippen LogP contribution >= 0.6 is 37.2 Å². The Bertz CT molecular complexity index is 1540. The minimum atomic E-state index is -1.34. The first-order valence-corrected chi connectivity index (χ1v) is 15.1. The Kier molecular flexibility index (Phi) is 15.9. The Morgan fingerprint density at radius 2 is 1.58 bits per heavy atom. The second-order valence-corrected chi connectivity index (χ2v) is 11.5. The van der Waals surface area contributed by atoms with Crippen molar-refractivity contribution in [2.24, 2.45) is 5.73 Å². The molecule has 3 heterocycles. The van der Waals surface area contributed by atoms with Crippen molar-refractivity contribution in [3.05, 3.63) is 72.4 Å². The zero-order valence-electron chi connectivity index (χ0n) is 26.0. The molecular weight excluding hydrogens is 685 g/mol. The second kappa shape index (κ2) is 18.8. The SMILES string of the molecule is Cl.Cl.Cl.NC[C@H](O)C(=O)N[C@H]1CN[C@H](C(=O)N2C[C@H](NC(=O)[C@H](O)CCc3ccccc3)C[C@H]2C(=O)Nc2cnc3ccccc3c2)C1. The summed E-state index contributed by atoms with van der Waals surface area (Å²) in [5, 5.41) is 32.6. The van der Waals surface area contributed by atoms with Crippen LogP contribution in [0.2, 0.25) is 0 Å². The van der Waals surface area contributed by atoms with Gasteiger partial charge in [-0.05, 0) is 43.4 Å². The largest absolute Gasteiger partial charge is 0.383 e. The van der Waals surface area contributed by atoms with Crippen LogP contribution in [0, 0.1) is 0 Å². The molecule has 2 saturated heterocycles. The van der Waals surface area contributed by atoms with E-state index >= 15 is 0 Å². The number of aliphatic hydroxyl groups excluding tert-OH is 2. The Morgan fingerprint density at radius 3 is 2.31 bits per heavy atom. The number of likely N-dealkylation sites (tertiary alicyclic amines) is 1. The topological polar surface area (TPSA) is 199 Å². The summed E-state index contributed by atoms with van der Waals surface area (Å²) in [5.74, 6) is -1.98. The van der Waals surface area contributed by atoms with Gasteiger partial charge < -0.3 is 42.1 Å². The van der Waals surface area contributed by atoms with Gasteiger partial charge in [0.15, 0.2) is 0 Å². The van der Waals surface area contributed by atoms with Gasteiger partial charge in [0.2, 0.25) is 23.6 Å². The molecular formula is C32H42Cl3N7O6. The molecule has 2 aliphatic rings. The van der Waals surface area contributed by atoms with Crippen molar-refractivity contribution in [2.45, 2.75) is 62.1 Å². The Labute approximate surface area is 297 Å². The van der Waals surface area contributed by atoms with Gasteiger partial charge in [0.05, 0.1) is 23.4 Å². The van der Waals surface area contributed by atoms with Crippen LogP contribution in [0.15, 0.2) is 66.9 Å². The number of nitrogens with one attached hydrogen (secondary N) is 4. The summed E-state index contributed by atoms with van der Waals surface area (Å²) in [5.41, 5.74) is 7.61. The number of amides is 4. The van der Waals surface area contributed by atoms with Crippen LogP contribution in [0.25, 0.3) is 10.9 Å². The molecule has 0 saturated carbocycles. The van der Waals surface area contributed by atoms with Gasteiger partial charge in [-0.25, -0.2) is 0 Å². The number of halogens is 3. The summed E-state index contributed by atoms with van der Waals surface area (Å²) in [7, 11) is 0. The molecule has 0 aliphatic carbocycles. The smallest absolute Gasteiger partial charge is 0.250 e. The number of hydrogen-bond acceptors (Lipinski definition) is 9. The maximum absolute atomic E-state index is 13.8. The van der Waals surface area contributed by atoms with Gasteiger partial charge >= 0.3 is 0 Å². The Hall–Kier alpha value is -3.56. The summed E-state index contributed by atoms with van der Waals surface area (Å²) in [6, 6.07) is 16.2. The van der Waals surface area contributed by atoms with Gasteiger partial charge in [-0.15, -0.1) is 37.2 Å². The summed E-state index contributed by atoms with van der Waals surface area (Å²) in [6.07, 6.45) is 0.0805. The van der Waals surface area contributed by atoms with E-state index in [0.29, 0.717) is 18.7 Å². The monoisotopic (exact) mass is 725 g/mol.